The Morgan fingerprint density at radius 2 is 1.89 bits per heavy atom. The first-order valence-electron chi connectivity index (χ1n) is 5.26. The van der Waals surface area contributed by atoms with Crippen molar-refractivity contribution in [2.45, 2.75) is 0 Å². The van der Waals surface area contributed by atoms with Gasteiger partial charge in [-0.3, -0.25) is 4.79 Å². The Morgan fingerprint density at radius 1 is 1.16 bits per heavy atom. The maximum Gasteiger partial charge on any atom is 0.259 e. The maximum absolute atomic E-state index is 13.0. The number of carbonyl (C=O) groups is 1. The minimum Gasteiger partial charge on any atom is -0.508 e. The van der Waals surface area contributed by atoms with E-state index >= 15 is 0 Å². The molecule has 0 aromatic heterocycles. The number of phenols is 2. The molecule has 0 aliphatic heterocycles. The van der Waals surface area contributed by atoms with Gasteiger partial charge in [-0.15, -0.1) is 0 Å². The molecule has 6 heteroatoms. The molecular weight excluding hydrogens is 273 g/mol. The average molecular weight is 282 g/mol. The highest BCUT2D eigenvalue weighted by Gasteiger charge is 2.14. The lowest BCUT2D eigenvalue weighted by atomic mass is 10.1. The summed E-state index contributed by atoms with van der Waals surface area (Å²) in [7, 11) is 0. The molecule has 1 amide bonds. The Morgan fingerprint density at radius 3 is 2.58 bits per heavy atom. The van der Waals surface area contributed by atoms with Crippen molar-refractivity contribution >= 4 is 23.2 Å². The summed E-state index contributed by atoms with van der Waals surface area (Å²) in [6, 6.07) is 7.03. The van der Waals surface area contributed by atoms with Gasteiger partial charge >= 0.3 is 0 Å². The second-order valence-electron chi connectivity index (χ2n) is 3.78. The molecule has 0 unspecified atom stereocenters. The van der Waals surface area contributed by atoms with Crippen LogP contribution in [0.1, 0.15) is 10.4 Å². The minimum absolute atomic E-state index is 0.0448. The summed E-state index contributed by atoms with van der Waals surface area (Å²) < 4.78 is 13.0. The van der Waals surface area contributed by atoms with Crippen LogP contribution in [-0.2, 0) is 0 Å². The molecule has 4 nitrogen and oxygen atoms in total. The molecule has 0 spiro atoms. The standard InChI is InChI=1S/C13H9ClFNO3/c14-10-6-8(17)2-3-11(10)16-13(19)9-5-7(15)1-4-12(9)18/h1-6,17-18H,(H,16,19). The van der Waals surface area contributed by atoms with E-state index in [0.29, 0.717) is 0 Å². The van der Waals surface area contributed by atoms with E-state index < -0.39 is 11.7 Å². The number of rotatable bonds is 2. The summed E-state index contributed by atoms with van der Waals surface area (Å²) in [6.45, 7) is 0. The Labute approximate surface area is 113 Å². The Kier molecular flexibility index (Phi) is 3.57. The minimum atomic E-state index is -0.704. The van der Waals surface area contributed by atoms with E-state index in [-0.39, 0.29) is 27.8 Å². The van der Waals surface area contributed by atoms with Crippen LogP contribution in [0.4, 0.5) is 10.1 Å². The maximum atomic E-state index is 13.0. The quantitative estimate of drug-likeness (QED) is 0.741. The zero-order chi connectivity index (χ0) is 14.0. The molecule has 2 rings (SSSR count). The molecule has 0 fully saturated rings. The van der Waals surface area contributed by atoms with Gasteiger partial charge in [-0.2, -0.15) is 0 Å². The van der Waals surface area contributed by atoms with Crippen LogP contribution in [0.15, 0.2) is 36.4 Å². The highest BCUT2D eigenvalue weighted by molar-refractivity contribution is 6.34. The molecule has 0 radical (unpaired) electrons. The fourth-order valence-corrected chi connectivity index (χ4v) is 1.71. The summed E-state index contributed by atoms with van der Waals surface area (Å²) in [5, 5.41) is 21.2. The summed E-state index contributed by atoms with van der Waals surface area (Å²) in [5.74, 6) is -1.73. The fraction of sp³-hybridized carbons (Fsp3) is 0. The number of nitrogens with one attached hydrogen (secondary N) is 1. The smallest absolute Gasteiger partial charge is 0.259 e. The Hall–Kier alpha value is -2.27. The lowest BCUT2D eigenvalue weighted by Gasteiger charge is -2.08. The van der Waals surface area contributed by atoms with Crippen LogP contribution in [-0.4, -0.2) is 16.1 Å². The molecule has 98 valence electrons. The normalized spacial score (nSPS) is 10.2. The number of anilines is 1. The number of halogens is 2. The monoisotopic (exact) mass is 281 g/mol. The lowest BCUT2D eigenvalue weighted by Crippen LogP contribution is -2.12. The van der Waals surface area contributed by atoms with Crippen LogP contribution in [0.2, 0.25) is 5.02 Å². The predicted octanol–water partition coefficient (Wildman–Crippen LogP) is 3.14. The highest BCUT2D eigenvalue weighted by Crippen LogP contribution is 2.27. The van der Waals surface area contributed by atoms with Crippen LogP contribution in [0, 0.1) is 5.82 Å². The third-order valence-corrected chi connectivity index (χ3v) is 2.72. The van der Waals surface area contributed by atoms with Gasteiger partial charge in [0.1, 0.15) is 17.3 Å². The molecule has 0 saturated carbocycles. The molecule has 0 aliphatic carbocycles. The van der Waals surface area contributed by atoms with Crippen molar-refractivity contribution in [2.75, 3.05) is 5.32 Å². The van der Waals surface area contributed by atoms with Crippen LogP contribution < -0.4 is 5.32 Å². The van der Waals surface area contributed by atoms with Crippen LogP contribution in [0.25, 0.3) is 0 Å². The van der Waals surface area contributed by atoms with E-state index in [1.165, 1.54) is 18.2 Å². The number of hydrogen-bond acceptors (Lipinski definition) is 3. The number of aromatic hydroxyl groups is 2. The Bertz CT molecular complexity index is 646. The highest BCUT2D eigenvalue weighted by atomic mass is 35.5. The van der Waals surface area contributed by atoms with E-state index in [4.69, 9.17) is 11.6 Å². The van der Waals surface area contributed by atoms with Gasteiger partial charge in [0, 0.05) is 6.07 Å². The van der Waals surface area contributed by atoms with E-state index in [9.17, 15) is 19.4 Å². The second-order valence-corrected chi connectivity index (χ2v) is 4.19. The van der Waals surface area contributed by atoms with Gasteiger partial charge in [0.2, 0.25) is 0 Å². The van der Waals surface area contributed by atoms with Crippen LogP contribution >= 0.6 is 11.6 Å². The van der Waals surface area contributed by atoms with Gasteiger partial charge in [0.05, 0.1) is 16.3 Å². The van der Waals surface area contributed by atoms with Gasteiger partial charge in [-0.05, 0) is 30.3 Å². The number of phenolic OH excluding ortho intramolecular Hbond substituents is 2. The van der Waals surface area contributed by atoms with Crippen molar-refractivity contribution in [2.24, 2.45) is 0 Å². The first-order chi connectivity index (χ1) is 8.97. The van der Waals surface area contributed by atoms with Crippen LogP contribution in [0.3, 0.4) is 0 Å². The Balaban J connectivity index is 2.28. The molecule has 2 aromatic rings. The van der Waals surface area contributed by atoms with Gasteiger partial charge in [0.25, 0.3) is 5.91 Å². The molecular formula is C13H9ClFNO3. The third kappa shape index (κ3) is 2.95. The van der Waals surface area contributed by atoms with Gasteiger partial charge in [0.15, 0.2) is 0 Å². The molecule has 3 N–H and O–H groups in total. The summed E-state index contributed by atoms with van der Waals surface area (Å²) >= 11 is 5.82. The molecule has 0 bridgehead atoms. The predicted molar refractivity (Wildman–Crippen MR) is 69.1 cm³/mol. The molecule has 0 saturated heterocycles. The van der Waals surface area contributed by atoms with Gasteiger partial charge < -0.3 is 15.5 Å². The van der Waals surface area contributed by atoms with Crippen molar-refractivity contribution < 1.29 is 19.4 Å². The molecule has 2 aromatic carbocycles. The number of benzene rings is 2. The van der Waals surface area contributed by atoms with Gasteiger partial charge in [-0.25, -0.2) is 4.39 Å². The molecule has 19 heavy (non-hydrogen) atoms. The molecule has 0 aliphatic rings. The average Bonchev–Trinajstić information content (AvgIpc) is 2.35. The number of carbonyl (C=O) groups excluding carboxylic acids is 1. The largest absolute Gasteiger partial charge is 0.508 e. The SMILES string of the molecule is O=C(Nc1ccc(O)cc1Cl)c1cc(F)ccc1O. The van der Waals surface area contributed by atoms with E-state index in [1.807, 2.05) is 0 Å². The fourth-order valence-electron chi connectivity index (χ4n) is 1.49. The number of amides is 1. The number of hydrogen-bond donors (Lipinski definition) is 3. The van der Waals surface area contributed by atoms with Crippen molar-refractivity contribution in [3.63, 3.8) is 0 Å². The first kappa shape index (κ1) is 13.2. The second kappa shape index (κ2) is 5.16. The van der Waals surface area contributed by atoms with Crippen molar-refractivity contribution in [1.82, 2.24) is 0 Å². The zero-order valence-corrected chi connectivity index (χ0v) is 10.3. The molecule has 0 heterocycles. The summed E-state index contributed by atoms with van der Waals surface area (Å²) in [5.41, 5.74) is 0.0391. The van der Waals surface area contributed by atoms with Crippen molar-refractivity contribution in [1.29, 1.82) is 0 Å². The summed E-state index contributed by atoms with van der Waals surface area (Å²) in [6.07, 6.45) is 0. The lowest BCUT2D eigenvalue weighted by molar-refractivity contribution is 0.102. The van der Waals surface area contributed by atoms with Gasteiger partial charge in [-0.1, -0.05) is 11.6 Å². The van der Waals surface area contributed by atoms with E-state index in [1.54, 1.807) is 0 Å². The zero-order valence-electron chi connectivity index (χ0n) is 9.52. The topological polar surface area (TPSA) is 69.6 Å². The van der Waals surface area contributed by atoms with Crippen LogP contribution in [0.5, 0.6) is 11.5 Å². The van der Waals surface area contributed by atoms with E-state index in [2.05, 4.69) is 5.32 Å². The third-order valence-electron chi connectivity index (χ3n) is 2.40. The van der Waals surface area contributed by atoms with E-state index in [0.717, 1.165) is 18.2 Å². The van der Waals surface area contributed by atoms with Crippen molar-refractivity contribution in [3.8, 4) is 11.5 Å². The van der Waals surface area contributed by atoms with Crippen molar-refractivity contribution in [3.05, 3.63) is 52.8 Å². The first-order valence-corrected chi connectivity index (χ1v) is 5.63. The molecule has 0 atom stereocenters. The summed E-state index contributed by atoms with van der Waals surface area (Å²) in [4.78, 5) is 11.9.